The van der Waals surface area contributed by atoms with E-state index in [1.807, 2.05) is 0 Å². The van der Waals surface area contributed by atoms with Crippen molar-refractivity contribution in [3.8, 4) is 0 Å². The molecule has 0 amide bonds. The molecule has 0 aromatic rings. The highest BCUT2D eigenvalue weighted by atomic mass is 16.5. The van der Waals surface area contributed by atoms with Gasteiger partial charge in [0.1, 0.15) is 0 Å². The Bertz CT molecular complexity index is 449. The summed E-state index contributed by atoms with van der Waals surface area (Å²) in [5.74, 6) is -0.754. The Kier molecular flexibility index (Phi) is 19.4. The predicted molar refractivity (Wildman–Crippen MR) is 112 cm³/mol. The van der Waals surface area contributed by atoms with Crippen molar-refractivity contribution in [2.75, 3.05) is 13.2 Å². The molecule has 0 rings (SSSR count). The molecule has 0 aliphatic carbocycles. The van der Waals surface area contributed by atoms with Crippen molar-refractivity contribution < 1.29 is 19.7 Å². The van der Waals surface area contributed by atoms with Gasteiger partial charge in [-0.05, 0) is 51.4 Å². The Balaban J connectivity index is 3.45. The first kappa shape index (κ1) is 25.4. The summed E-state index contributed by atoms with van der Waals surface area (Å²) >= 11 is 0. The van der Waals surface area contributed by atoms with Crippen LogP contribution in [0.3, 0.4) is 0 Å². The summed E-state index contributed by atoms with van der Waals surface area (Å²) in [4.78, 5) is 11.1. The van der Waals surface area contributed by atoms with E-state index >= 15 is 0 Å². The zero-order valence-electron chi connectivity index (χ0n) is 16.9. The number of aliphatic hydroxyl groups is 2. The smallest absolute Gasteiger partial charge is 0.337 e. The van der Waals surface area contributed by atoms with E-state index in [9.17, 15) is 4.79 Å². The van der Waals surface area contributed by atoms with Gasteiger partial charge in [-0.25, -0.2) is 4.79 Å². The number of hydrogen-bond donors (Lipinski definition) is 2. The number of carbonyl (C=O) groups excluding carboxylic acids is 1. The molecule has 2 N–H and O–H groups in total. The molecule has 0 bridgehead atoms. The first-order valence-electron chi connectivity index (χ1n) is 10.3. The molecule has 4 nitrogen and oxygen atoms in total. The van der Waals surface area contributed by atoms with Crippen LogP contribution in [0.5, 0.6) is 0 Å². The van der Waals surface area contributed by atoms with Gasteiger partial charge in [0.2, 0.25) is 0 Å². The highest BCUT2D eigenvalue weighted by Crippen LogP contribution is 2.02. The molecule has 0 unspecified atom stereocenters. The number of unbranched alkanes of at least 4 members (excludes halogenated alkanes) is 5. The maximum atomic E-state index is 11.1. The van der Waals surface area contributed by atoms with Gasteiger partial charge in [0.05, 0.1) is 13.2 Å². The average Bonchev–Trinajstić information content (AvgIpc) is 2.68. The van der Waals surface area contributed by atoms with Crippen molar-refractivity contribution in [3.05, 3.63) is 48.6 Å². The van der Waals surface area contributed by atoms with Crippen LogP contribution in [-0.4, -0.2) is 35.5 Å². The molecule has 0 radical (unpaired) electrons. The molecule has 0 saturated heterocycles. The first-order chi connectivity index (χ1) is 13.2. The molecule has 0 fully saturated rings. The van der Waals surface area contributed by atoms with E-state index in [1.54, 1.807) is 0 Å². The third-order valence-electron chi connectivity index (χ3n) is 3.91. The fourth-order valence-corrected chi connectivity index (χ4v) is 2.27. The number of rotatable bonds is 17. The number of aliphatic hydroxyl groups excluding tert-OH is 2. The second kappa shape index (κ2) is 20.7. The normalized spacial score (nSPS) is 13.4. The van der Waals surface area contributed by atoms with Gasteiger partial charge in [0.25, 0.3) is 0 Å². The van der Waals surface area contributed by atoms with Crippen LogP contribution in [0.1, 0.15) is 71.1 Å². The fraction of sp³-hybridized carbons (Fsp3) is 0.609. The lowest BCUT2D eigenvalue weighted by molar-refractivity contribution is -0.155. The van der Waals surface area contributed by atoms with Crippen LogP contribution in [0.2, 0.25) is 0 Å². The third-order valence-corrected chi connectivity index (χ3v) is 3.91. The molecule has 0 aliphatic rings. The minimum Gasteiger partial charge on any atom is -0.464 e. The molecule has 4 heteroatoms. The van der Waals surface area contributed by atoms with E-state index in [0.29, 0.717) is 0 Å². The highest BCUT2D eigenvalue weighted by molar-refractivity contribution is 5.74. The van der Waals surface area contributed by atoms with E-state index in [-0.39, 0.29) is 6.61 Å². The maximum absolute atomic E-state index is 11.1. The van der Waals surface area contributed by atoms with Gasteiger partial charge in [0.15, 0.2) is 6.10 Å². The lowest BCUT2D eigenvalue weighted by Gasteiger charge is -2.07. The molecule has 27 heavy (non-hydrogen) atoms. The standard InChI is InChI=1S/C23H38O4/c1-2-3-4-5-6-7-8-9-10-11-12-13-14-15-16-17-18-19-20-27-23(26)22(25)21-24/h6-7,9-10,12-13,15-16,22,24-25H,2-5,8,11,14,17-21H2,1H3/b7-6-,10-9-,13-12-,16-15-/t22-/m1/s1. The highest BCUT2D eigenvalue weighted by Gasteiger charge is 2.14. The van der Waals surface area contributed by atoms with Gasteiger partial charge in [0, 0.05) is 0 Å². The summed E-state index contributed by atoms with van der Waals surface area (Å²) in [6, 6.07) is 0. The van der Waals surface area contributed by atoms with E-state index in [4.69, 9.17) is 14.9 Å². The van der Waals surface area contributed by atoms with Crippen molar-refractivity contribution in [2.45, 2.75) is 77.2 Å². The second-order valence-electron chi connectivity index (χ2n) is 6.45. The molecular formula is C23H38O4. The quantitative estimate of drug-likeness (QED) is 0.212. The van der Waals surface area contributed by atoms with Crippen molar-refractivity contribution in [2.24, 2.45) is 0 Å². The van der Waals surface area contributed by atoms with Crippen molar-refractivity contribution >= 4 is 5.97 Å². The lowest BCUT2D eigenvalue weighted by Crippen LogP contribution is -2.26. The lowest BCUT2D eigenvalue weighted by atomic mass is 10.2. The van der Waals surface area contributed by atoms with Gasteiger partial charge in [-0.1, -0.05) is 68.4 Å². The Morgan fingerprint density at radius 1 is 0.815 bits per heavy atom. The average molecular weight is 379 g/mol. The van der Waals surface area contributed by atoms with E-state index in [0.717, 1.165) is 38.5 Å². The fourth-order valence-electron chi connectivity index (χ4n) is 2.27. The van der Waals surface area contributed by atoms with Gasteiger partial charge in [-0.3, -0.25) is 0 Å². The monoisotopic (exact) mass is 378 g/mol. The van der Waals surface area contributed by atoms with Gasteiger partial charge in [-0.15, -0.1) is 0 Å². The third kappa shape index (κ3) is 18.9. The Hall–Kier alpha value is -1.65. The minimum atomic E-state index is -1.42. The summed E-state index contributed by atoms with van der Waals surface area (Å²) in [5, 5.41) is 17.6. The van der Waals surface area contributed by atoms with Crippen LogP contribution < -0.4 is 0 Å². The summed E-state index contributed by atoms with van der Waals surface area (Å²) < 4.78 is 4.83. The minimum absolute atomic E-state index is 0.282. The van der Waals surface area contributed by atoms with Gasteiger partial charge >= 0.3 is 5.97 Å². The molecule has 0 aromatic carbocycles. The number of ether oxygens (including phenoxy) is 1. The van der Waals surface area contributed by atoms with Gasteiger partial charge < -0.3 is 14.9 Å². The first-order valence-corrected chi connectivity index (χ1v) is 10.3. The Labute approximate surface area is 165 Å². The second-order valence-corrected chi connectivity index (χ2v) is 6.45. The summed E-state index contributed by atoms with van der Waals surface area (Å²) in [6.45, 7) is 1.91. The molecule has 154 valence electrons. The zero-order chi connectivity index (χ0) is 20.0. The Morgan fingerprint density at radius 2 is 1.30 bits per heavy atom. The largest absolute Gasteiger partial charge is 0.464 e. The molecule has 0 saturated carbocycles. The predicted octanol–water partition coefficient (Wildman–Crippen LogP) is 5.03. The van der Waals surface area contributed by atoms with E-state index < -0.39 is 18.7 Å². The maximum Gasteiger partial charge on any atom is 0.337 e. The molecule has 1 atom stereocenters. The van der Waals surface area contributed by atoms with Crippen molar-refractivity contribution in [3.63, 3.8) is 0 Å². The summed E-state index contributed by atoms with van der Waals surface area (Å²) in [6.07, 6.45) is 26.8. The Morgan fingerprint density at radius 3 is 1.78 bits per heavy atom. The zero-order valence-corrected chi connectivity index (χ0v) is 16.9. The van der Waals surface area contributed by atoms with Crippen LogP contribution >= 0.6 is 0 Å². The number of allylic oxidation sites excluding steroid dienone is 8. The number of esters is 1. The molecule has 0 spiro atoms. The van der Waals surface area contributed by atoms with Crippen LogP contribution in [0.15, 0.2) is 48.6 Å². The van der Waals surface area contributed by atoms with E-state index in [1.165, 1.54) is 25.7 Å². The van der Waals surface area contributed by atoms with E-state index in [2.05, 4.69) is 55.5 Å². The topological polar surface area (TPSA) is 66.8 Å². The molecule has 0 aromatic heterocycles. The SMILES string of the molecule is CCCCC/C=C\C/C=C\C/C=C\C/C=C\CCCCOC(=O)[C@H](O)CO. The van der Waals surface area contributed by atoms with Crippen molar-refractivity contribution in [1.82, 2.24) is 0 Å². The van der Waals surface area contributed by atoms with Crippen LogP contribution in [0.25, 0.3) is 0 Å². The van der Waals surface area contributed by atoms with Crippen LogP contribution in [0.4, 0.5) is 0 Å². The van der Waals surface area contributed by atoms with Crippen LogP contribution in [-0.2, 0) is 9.53 Å². The van der Waals surface area contributed by atoms with Gasteiger partial charge in [-0.2, -0.15) is 0 Å². The summed E-state index contributed by atoms with van der Waals surface area (Å²) in [7, 11) is 0. The van der Waals surface area contributed by atoms with Crippen LogP contribution in [0, 0.1) is 0 Å². The number of hydrogen-bond acceptors (Lipinski definition) is 4. The molecular weight excluding hydrogens is 340 g/mol. The van der Waals surface area contributed by atoms with Crippen molar-refractivity contribution in [1.29, 1.82) is 0 Å². The number of carbonyl (C=O) groups is 1. The summed E-state index contributed by atoms with van der Waals surface area (Å²) in [5.41, 5.74) is 0. The molecule has 0 aliphatic heterocycles. The molecule has 0 heterocycles.